The molecule has 0 heterocycles. The van der Waals surface area contributed by atoms with Gasteiger partial charge in [0, 0.05) is 0 Å². The van der Waals surface area contributed by atoms with Crippen LogP contribution in [0.5, 0.6) is 0 Å². The highest BCUT2D eigenvalue weighted by Gasteiger charge is 2.04. The zero-order chi connectivity index (χ0) is 8.97. The summed E-state index contributed by atoms with van der Waals surface area (Å²) >= 11 is 0. The maximum atomic E-state index is 12.4. The van der Waals surface area contributed by atoms with E-state index in [9.17, 15) is 9.18 Å². The highest BCUT2D eigenvalue weighted by Crippen LogP contribution is 2.15. The number of carbonyl (C=O) groups is 1. The topological polar surface area (TPSA) is 26.3 Å². The molecule has 2 nitrogen and oxygen atoms in total. The molecule has 0 fully saturated rings. The van der Waals surface area contributed by atoms with Gasteiger partial charge in [0.2, 0.25) is 0 Å². The fraction of sp³-hybridized carbons (Fsp3) is 0.222. The molecule has 3 heteroatoms. The number of benzene rings is 1. The lowest BCUT2D eigenvalue weighted by Crippen LogP contribution is -1.97. The standard InChI is InChI=1S/C9H9FO2/c1-7(12-6-11)8-2-4-9(10)5-3-8/h2-7H,1H3. The Bertz CT molecular complexity index is 256. The third-order valence-electron chi connectivity index (χ3n) is 1.60. The lowest BCUT2D eigenvalue weighted by Gasteiger charge is -2.08. The van der Waals surface area contributed by atoms with E-state index in [1.165, 1.54) is 12.1 Å². The number of rotatable bonds is 3. The average molecular weight is 168 g/mol. The van der Waals surface area contributed by atoms with E-state index in [-0.39, 0.29) is 11.9 Å². The molecule has 64 valence electrons. The van der Waals surface area contributed by atoms with Crippen molar-refractivity contribution in [2.45, 2.75) is 13.0 Å². The Morgan fingerprint density at radius 2 is 2.00 bits per heavy atom. The quantitative estimate of drug-likeness (QED) is 0.646. The molecule has 1 aromatic carbocycles. The third-order valence-corrected chi connectivity index (χ3v) is 1.60. The first-order valence-corrected chi connectivity index (χ1v) is 3.58. The fourth-order valence-corrected chi connectivity index (χ4v) is 0.896. The van der Waals surface area contributed by atoms with E-state index in [4.69, 9.17) is 0 Å². The second-order valence-corrected chi connectivity index (χ2v) is 2.43. The van der Waals surface area contributed by atoms with Crippen molar-refractivity contribution < 1.29 is 13.9 Å². The number of ether oxygens (including phenoxy) is 1. The minimum absolute atomic E-state index is 0.294. The highest BCUT2D eigenvalue weighted by atomic mass is 19.1. The molecule has 0 saturated carbocycles. The monoisotopic (exact) mass is 168 g/mol. The van der Waals surface area contributed by atoms with Crippen LogP contribution >= 0.6 is 0 Å². The van der Waals surface area contributed by atoms with Gasteiger partial charge in [0.1, 0.15) is 11.9 Å². The largest absolute Gasteiger partial charge is 0.460 e. The molecule has 1 aromatic rings. The molecule has 0 saturated heterocycles. The van der Waals surface area contributed by atoms with Gasteiger partial charge in [-0.25, -0.2) is 4.39 Å². The van der Waals surface area contributed by atoms with E-state index in [0.29, 0.717) is 6.47 Å². The van der Waals surface area contributed by atoms with E-state index in [0.717, 1.165) is 5.56 Å². The van der Waals surface area contributed by atoms with Crippen LogP contribution in [0.2, 0.25) is 0 Å². The first-order chi connectivity index (χ1) is 5.74. The van der Waals surface area contributed by atoms with Crippen molar-refractivity contribution in [2.75, 3.05) is 0 Å². The number of carbonyl (C=O) groups excluding carboxylic acids is 1. The Balaban J connectivity index is 2.74. The summed E-state index contributed by atoms with van der Waals surface area (Å²) in [5.41, 5.74) is 0.781. The van der Waals surface area contributed by atoms with Crippen LogP contribution in [-0.2, 0) is 9.53 Å². The van der Waals surface area contributed by atoms with Crippen LogP contribution in [0.15, 0.2) is 24.3 Å². The molecule has 0 aliphatic carbocycles. The van der Waals surface area contributed by atoms with Crippen LogP contribution < -0.4 is 0 Å². The lowest BCUT2D eigenvalue weighted by molar-refractivity contribution is -0.133. The normalized spacial score (nSPS) is 12.2. The van der Waals surface area contributed by atoms with Crippen LogP contribution in [0.25, 0.3) is 0 Å². The van der Waals surface area contributed by atoms with Gasteiger partial charge in [-0.1, -0.05) is 12.1 Å². The molecular formula is C9H9FO2. The van der Waals surface area contributed by atoms with E-state index in [1.807, 2.05) is 0 Å². The van der Waals surface area contributed by atoms with Gasteiger partial charge in [0.15, 0.2) is 0 Å². The minimum Gasteiger partial charge on any atom is -0.460 e. The van der Waals surface area contributed by atoms with E-state index in [2.05, 4.69) is 4.74 Å². The summed E-state index contributed by atoms with van der Waals surface area (Å²) in [5, 5.41) is 0. The van der Waals surface area contributed by atoms with Crippen molar-refractivity contribution >= 4 is 6.47 Å². The van der Waals surface area contributed by atoms with Crippen molar-refractivity contribution in [3.05, 3.63) is 35.6 Å². The Labute approximate surface area is 70.0 Å². The molecular weight excluding hydrogens is 159 g/mol. The van der Waals surface area contributed by atoms with E-state index < -0.39 is 0 Å². The number of halogens is 1. The van der Waals surface area contributed by atoms with Crippen LogP contribution in [0, 0.1) is 5.82 Å². The Hall–Kier alpha value is -1.38. The molecule has 0 spiro atoms. The second-order valence-electron chi connectivity index (χ2n) is 2.43. The fourth-order valence-electron chi connectivity index (χ4n) is 0.896. The summed E-state index contributed by atoms with van der Waals surface area (Å²) in [4.78, 5) is 9.96. The maximum Gasteiger partial charge on any atom is 0.293 e. The van der Waals surface area contributed by atoms with Crippen molar-refractivity contribution in [3.63, 3.8) is 0 Å². The first kappa shape index (κ1) is 8.71. The van der Waals surface area contributed by atoms with Crippen LogP contribution in [0.1, 0.15) is 18.6 Å². The average Bonchev–Trinajstić information content (AvgIpc) is 2.06. The molecule has 0 amide bonds. The van der Waals surface area contributed by atoms with E-state index >= 15 is 0 Å². The van der Waals surface area contributed by atoms with Crippen LogP contribution in [0.3, 0.4) is 0 Å². The summed E-state index contributed by atoms with van der Waals surface area (Å²) in [6, 6.07) is 5.84. The highest BCUT2D eigenvalue weighted by molar-refractivity contribution is 5.38. The van der Waals surface area contributed by atoms with Crippen LogP contribution in [-0.4, -0.2) is 6.47 Å². The lowest BCUT2D eigenvalue weighted by atomic mass is 10.1. The van der Waals surface area contributed by atoms with Gasteiger partial charge in [-0.2, -0.15) is 0 Å². The van der Waals surface area contributed by atoms with E-state index in [1.54, 1.807) is 19.1 Å². The third kappa shape index (κ3) is 2.05. The summed E-state index contributed by atoms with van der Waals surface area (Å²) < 4.78 is 17.1. The van der Waals surface area contributed by atoms with Crippen molar-refractivity contribution in [1.29, 1.82) is 0 Å². The molecule has 1 rings (SSSR count). The maximum absolute atomic E-state index is 12.4. The molecule has 1 atom stereocenters. The Morgan fingerprint density at radius 1 is 1.42 bits per heavy atom. The zero-order valence-electron chi connectivity index (χ0n) is 6.66. The molecule has 1 unspecified atom stereocenters. The van der Waals surface area contributed by atoms with Crippen molar-refractivity contribution in [1.82, 2.24) is 0 Å². The number of hydrogen-bond acceptors (Lipinski definition) is 2. The number of hydrogen-bond donors (Lipinski definition) is 0. The molecule has 0 aliphatic heterocycles. The molecule has 0 aliphatic rings. The molecule has 0 radical (unpaired) electrons. The zero-order valence-corrected chi connectivity index (χ0v) is 6.66. The minimum atomic E-state index is -0.317. The summed E-state index contributed by atoms with van der Waals surface area (Å²) in [6.07, 6.45) is -0.317. The Kier molecular flexibility index (Phi) is 2.80. The van der Waals surface area contributed by atoms with Gasteiger partial charge in [0.25, 0.3) is 6.47 Å². The van der Waals surface area contributed by atoms with Crippen molar-refractivity contribution in [2.24, 2.45) is 0 Å². The Morgan fingerprint density at radius 3 is 2.50 bits per heavy atom. The predicted octanol–water partition coefficient (Wildman–Crippen LogP) is 2.06. The molecule has 0 bridgehead atoms. The second kappa shape index (κ2) is 3.85. The van der Waals surface area contributed by atoms with Gasteiger partial charge in [-0.15, -0.1) is 0 Å². The first-order valence-electron chi connectivity index (χ1n) is 3.58. The van der Waals surface area contributed by atoms with Crippen molar-refractivity contribution in [3.8, 4) is 0 Å². The van der Waals surface area contributed by atoms with Crippen LogP contribution in [0.4, 0.5) is 4.39 Å². The van der Waals surface area contributed by atoms with Gasteiger partial charge in [-0.3, -0.25) is 4.79 Å². The summed E-state index contributed by atoms with van der Waals surface area (Å²) in [6.45, 7) is 2.11. The molecule has 0 aromatic heterocycles. The van der Waals surface area contributed by atoms with Gasteiger partial charge >= 0.3 is 0 Å². The summed E-state index contributed by atoms with van der Waals surface area (Å²) in [7, 11) is 0. The van der Waals surface area contributed by atoms with Gasteiger partial charge in [-0.05, 0) is 24.6 Å². The van der Waals surface area contributed by atoms with Gasteiger partial charge < -0.3 is 4.74 Å². The summed E-state index contributed by atoms with van der Waals surface area (Å²) in [5.74, 6) is -0.294. The smallest absolute Gasteiger partial charge is 0.293 e. The molecule has 0 N–H and O–H groups in total. The van der Waals surface area contributed by atoms with Gasteiger partial charge in [0.05, 0.1) is 0 Å². The SMILES string of the molecule is CC(OC=O)c1ccc(F)cc1. The predicted molar refractivity (Wildman–Crippen MR) is 42.0 cm³/mol. The molecule has 12 heavy (non-hydrogen) atoms.